The zero-order chi connectivity index (χ0) is 13.7. The van der Waals surface area contributed by atoms with Gasteiger partial charge >= 0.3 is 0 Å². The number of hydrazone groups is 1. The van der Waals surface area contributed by atoms with Gasteiger partial charge in [-0.25, -0.2) is 5.43 Å². The highest BCUT2D eigenvalue weighted by molar-refractivity contribution is 5.80. The summed E-state index contributed by atoms with van der Waals surface area (Å²) in [6.07, 6.45) is 1.59. The third-order valence-electron chi connectivity index (χ3n) is 2.34. The number of methoxy groups -OCH3 is 1. The number of H-pyrrole nitrogens is 1. The van der Waals surface area contributed by atoms with Gasteiger partial charge in [-0.05, 0) is 24.6 Å². The lowest BCUT2D eigenvalue weighted by molar-refractivity contribution is 0.415. The van der Waals surface area contributed by atoms with Crippen molar-refractivity contribution < 1.29 is 4.74 Å². The summed E-state index contributed by atoms with van der Waals surface area (Å²) < 4.78 is 5.10. The molecule has 2 rings (SSSR count). The number of nitrogens with zero attached hydrogens (tertiary/aromatic N) is 3. The van der Waals surface area contributed by atoms with Crippen LogP contribution in [-0.2, 0) is 0 Å². The van der Waals surface area contributed by atoms with Gasteiger partial charge in [-0.2, -0.15) is 5.10 Å². The highest BCUT2D eigenvalue weighted by atomic mass is 16.5. The number of nitrogens with one attached hydrogen (secondary N) is 2. The first-order chi connectivity index (χ1) is 9.19. The highest BCUT2D eigenvalue weighted by Crippen LogP contribution is 2.10. The fourth-order valence-corrected chi connectivity index (χ4v) is 1.33. The summed E-state index contributed by atoms with van der Waals surface area (Å²) in [6, 6.07) is 7.40. The standard InChI is InChI=1S/C12H13N5O2/c1-8-11(18)14-12(17-15-8)16-13-7-9-4-3-5-10(6-9)19-2/h3-7H,1-2H3,(H2,14,16,17,18). The van der Waals surface area contributed by atoms with Crippen molar-refractivity contribution in [3.63, 3.8) is 0 Å². The molecule has 0 fully saturated rings. The second-order valence-corrected chi connectivity index (χ2v) is 3.73. The van der Waals surface area contributed by atoms with Crippen molar-refractivity contribution in [2.75, 3.05) is 12.5 Å². The van der Waals surface area contributed by atoms with Gasteiger partial charge in [0, 0.05) is 0 Å². The first-order valence-corrected chi connectivity index (χ1v) is 5.56. The molecule has 98 valence electrons. The molecule has 7 nitrogen and oxygen atoms in total. The van der Waals surface area contributed by atoms with Gasteiger partial charge in [0.15, 0.2) is 0 Å². The van der Waals surface area contributed by atoms with E-state index in [1.54, 1.807) is 20.2 Å². The first-order valence-electron chi connectivity index (χ1n) is 5.56. The molecule has 0 atom stereocenters. The Morgan fingerprint density at radius 3 is 3.00 bits per heavy atom. The van der Waals surface area contributed by atoms with Crippen LogP contribution in [0.5, 0.6) is 5.75 Å². The van der Waals surface area contributed by atoms with Crippen LogP contribution in [0, 0.1) is 6.92 Å². The molecule has 0 aliphatic carbocycles. The zero-order valence-corrected chi connectivity index (χ0v) is 10.5. The lowest BCUT2D eigenvalue weighted by Gasteiger charge is -2.00. The van der Waals surface area contributed by atoms with E-state index in [0.717, 1.165) is 11.3 Å². The maximum atomic E-state index is 11.3. The number of aryl methyl sites for hydroxylation is 1. The molecule has 0 aliphatic rings. The first kappa shape index (κ1) is 12.7. The summed E-state index contributed by atoms with van der Waals surface area (Å²) >= 11 is 0. The van der Waals surface area contributed by atoms with Crippen molar-refractivity contribution in [1.29, 1.82) is 0 Å². The molecule has 1 heterocycles. The van der Waals surface area contributed by atoms with Crippen LogP contribution in [0.4, 0.5) is 5.95 Å². The van der Waals surface area contributed by atoms with Crippen LogP contribution in [0.25, 0.3) is 0 Å². The van der Waals surface area contributed by atoms with Crippen molar-refractivity contribution in [1.82, 2.24) is 15.2 Å². The van der Waals surface area contributed by atoms with Crippen molar-refractivity contribution in [2.24, 2.45) is 5.10 Å². The SMILES string of the molecule is COc1cccc(C=NNc2nnc(C)c(=O)[nH]2)c1. The molecule has 0 spiro atoms. The lowest BCUT2D eigenvalue weighted by Crippen LogP contribution is -2.15. The summed E-state index contributed by atoms with van der Waals surface area (Å²) in [5.41, 5.74) is 3.46. The van der Waals surface area contributed by atoms with E-state index >= 15 is 0 Å². The van der Waals surface area contributed by atoms with E-state index in [9.17, 15) is 4.79 Å². The Morgan fingerprint density at radius 1 is 1.42 bits per heavy atom. The predicted octanol–water partition coefficient (Wildman–Crippen LogP) is 0.928. The van der Waals surface area contributed by atoms with Crippen LogP contribution in [0.2, 0.25) is 0 Å². The number of aromatic nitrogens is 3. The van der Waals surface area contributed by atoms with Crippen LogP contribution in [0.1, 0.15) is 11.3 Å². The molecule has 0 amide bonds. The maximum Gasteiger partial charge on any atom is 0.274 e. The van der Waals surface area contributed by atoms with Crippen LogP contribution in [0.3, 0.4) is 0 Å². The Morgan fingerprint density at radius 2 is 2.26 bits per heavy atom. The molecular weight excluding hydrogens is 246 g/mol. The van der Waals surface area contributed by atoms with E-state index in [2.05, 4.69) is 25.7 Å². The number of anilines is 1. The molecule has 7 heteroatoms. The number of benzene rings is 1. The topological polar surface area (TPSA) is 92.3 Å². The third kappa shape index (κ3) is 3.38. The van der Waals surface area contributed by atoms with Crippen molar-refractivity contribution in [3.8, 4) is 5.75 Å². The number of hydrogen-bond acceptors (Lipinski definition) is 6. The van der Waals surface area contributed by atoms with Gasteiger partial charge in [0.1, 0.15) is 11.4 Å². The summed E-state index contributed by atoms with van der Waals surface area (Å²) in [6.45, 7) is 1.58. The molecule has 19 heavy (non-hydrogen) atoms. The largest absolute Gasteiger partial charge is 0.497 e. The second kappa shape index (κ2) is 5.76. The molecule has 0 saturated heterocycles. The Kier molecular flexibility index (Phi) is 3.87. The Hall–Kier alpha value is -2.70. The minimum Gasteiger partial charge on any atom is -0.497 e. The molecule has 0 saturated carbocycles. The van der Waals surface area contributed by atoms with Gasteiger partial charge in [-0.15, -0.1) is 10.2 Å². The van der Waals surface area contributed by atoms with Gasteiger partial charge in [0.25, 0.3) is 5.56 Å². The van der Waals surface area contributed by atoms with E-state index in [1.165, 1.54) is 0 Å². The van der Waals surface area contributed by atoms with Gasteiger partial charge < -0.3 is 4.74 Å². The molecule has 1 aromatic heterocycles. The van der Waals surface area contributed by atoms with Gasteiger partial charge in [0.2, 0.25) is 5.95 Å². The molecular formula is C12H13N5O2. The Bertz CT molecular complexity index is 651. The minimum absolute atomic E-state index is 0.190. The minimum atomic E-state index is -0.297. The number of ether oxygens (including phenoxy) is 1. The molecule has 2 aromatic rings. The molecule has 1 aromatic carbocycles. The van der Waals surface area contributed by atoms with Gasteiger partial charge in [-0.3, -0.25) is 9.78 Å². The monoisotopic (exact) mass is 259 g/mol. The van der Waals surface area contributed by atoms with E-state index in [1.807, 2.05) is 24.3 Å². The second-order valence-electron chi connectivity index (χ2n) is 3.73. The van der Waals surface area contributed by atoms with Crippen molar-refractivity contribution in [3.05, 3.63) is 45.9 Å². The average Bonchev–Trinajstić information content (AvgIpc) is 2.43. The van der Waals surface area contributed by atoms with Crippen LogP contribution >= 0.6 is 0 Å². The Balaban J connectivity index is 2.06. The number of aromatic amines is 1. The normalized spacial score (nSPS) is 10.6. The Labute approximate surface area is 109 Å². The highest BCUT2D eigenvalue weighted by Gasteiger charge is 1.97. The van der Waals surface area contributed by atoms with Crippen LogP contribution in [-0.4, -0.2) is 28.5 Å². The van der Waals surface area contributed by atoms with Crippen molar-refractivity contribution >= 4 is 12.2 Å². The van der Waals surface area contributed by atoms with E-state index in [-0.39, 0.29) is 11.5 Å². The molecule has 0 radical (unpaired) electrons. The molecule has 2 N–H and O–H groups in total. The third-order valence-corrected chi connectivity index (χ3v) is 2.34. The van der Waals surface area contributed by atoms with Gasteiger partial charge in [-0.1, -0.05) is 12.1 Å². The molecule has 0 unspecified atom stereocenters. The zero-order valence-electron chi connectivity index (χ0n) is 10.5. The quantitative estimate of drug-likeness (QED) is 0.629. The lowest BCUT2D eigenvalue weighted by atomic mass is 10.2. The van der Waals surface area contributed by atoms with Crippen LogP contribution < -0.4 is 15.7 Å². The summed E-state index contributed by atoms with van der Waals surface area (Å²) in [5, 5.41) is 11.4. The summed E-state index contributed by atoms with van der Waals surface area (Å²) in [5.74, 6) is 0.933. The fourth-order valence-electron chi connectivity index (χ4n) is 1.33. The van der Waals surface area contributed by atoms with Crippen LogP contribution in [0.15, 0.2) is 34.2 Å². The maximum absolute atomic E-state index is 11.3. The summed E-state index contributed by atoms with van der Waals surface area (Å²) in [4.78, 5) is 13.8. The fraction of sp³-hybridized carbons (Fsp3) is 0.167. The average molecular weight is 259 g/mol. The summed E-state index contributed by atoms with van der Waals surface area (Å²) in [7, 11) is 1.60. The number of hydrogen-bond donors (Lipinski definition) is 2. The van der Waals surface area contributed by atoms with Gasteiger partial charge in [0.05, 0.1) is 13.3 Å². The van der Waals surface area contributed by atoms with Crippen molar-refractivity contribution in [2.45, 2.75) is 6.92 Å². The smallest absolute Gasteiger partial charge is 0.274 e. The van der Waals surface area contributed by atoms with E-state index < -0.39 is 0 Å². The molecule has 0 aliphatic heterocycles. The van der Waals surface area contributed by atoms with E-state index in [4.69, 9.17) is 4.74 Å². The molecule has 0 bridgehead atoms. The predicted molar refractivity (Wildman–Crippen MR) is 71.6 cm³/mol. The number of rotatable bonds is 4. The van der Waals surface area contributed by atoms with E-state index in [0.29, 0.717) is 5.69 Å².